The van der Waals surface area contributed by atoms with Crippen LogP contribution < -0.4 is 14.3 Å². The van der Waals surface area contributed by atoms with Crippen molar-refractivity contribution in [2.24, 2.45) is 5.73 Å². The molecular weight excluding hydrogens is 336 g/mol. The number of anilines is 3. The van der Waals surface area contributed by atoms with Crippen LogP contribution in [0.5, 0.6) is 0 Å². The first kappa shape index (κ1) is 16.7. The van der Waals surface area contributed by atoms with Crippen molar-refractivity contribution < 1.29 is 17.2 Å². The first-order valence-electron chi connectivity index (χ1n) is 7.54. The summed E-state index contributed by atoms with van der Waals surface area (Å²) < 4.78 is 56.2. The van der Waals surface area contributed by atoms with Crippen molar-refractivity contribution >= 4 is 27.3 Å². The van der Waals surface area contributed by atoms with Gasteiger partial charge in [0.2, 0.25) is 0 Å². The Hall–Kier alpha value is -2.19. The second kappa shape index (κ2) is 6.37. The van der Waals surface area contributed by atoms with E-state index < -0.39 is 27.5 Å². The fraction of sp³-hybridized carbons (Fsp3) is 0.250. The second-order valence-electron chi connectivity index (χ2n) is 5.40. The maximum absolute atomic E-state index is 14.2. The van der Waals surface area contributed by atoms with Gasteiger partial charge in [-0.2, -0.15) is 8.42 Å². The summed E-state index contributed by atoms with van der Waals surface area (Å²) in [5.41, 5.74) is 5.50. The number of hydrogen-bond donors (Lipinski definition) is 1. The fourth-order valence-electron chi connectivity index (χ4n) is 2.75. The smallest absolute Gasteiger partial charge is 0.330 e. The van der Waals surface area contributed by atoms with Gasteiger partial charge in [-0.05, 0) is 43.7 Å². The second-order valence-corrected chi connectivity index (χ2v) is 7.10. The average Bonchev–Trinajstić information content (AvgIpc) is 2.76. The van der Waals surface area contributed by atoms with Crippen LogP contribution in [0, 0.1) is 11.6 Å². The van der Waals surface area contributed by atoms with E-state index in [-0.39, 0.29) is 12.2 Å². The van der Waals surface area contributed by atoms with E-state index in [9.17, 15) is 17.2 Å². The van der Waals surface area contributed by atoms with E-state index in [2.05, 4.69) is 0 Å². The molecule has 0 saturated heterocycles. The van der Waals surface area contributed by atoms with Crippen LogP contribution >= 0.6 is 0 Å². The molecule has 0 bridgehead atoms. The van der Waals surface area contributed by atoms with Crippen molar-refractivity contribution in [3.05, 3.63) is 54.1 Å². The van der Waals surface area contributed by atoms with Crippen molar-refractivity contribution in [3.63, 3.8) is 0 Å². The summed E-state index contributed by atoms with van der Waals surface area (Å²) in [5, 5.41) is 0. The molecule has 0 unspecified atom stereocenters. The number of nitrogens with zero attached hydrogens (tertiary/aromatic N) is 2. The molecule has 2 aromatic rings. The Labute approximate surface area is 139 Å². The summed E-state index contributed by atoms with van der Waals surface area (Å²) in [6, 6.07) is 9.73. The molecule has 3 rings (SSSR count). The first-order chi connectivity index (χ1) is 11.5. The lowest BCUT2D eigenvalue weighted by atomic mass is 10.2. The largest absolute Gasteiger partial charge is 0.331 e. The zero-order valence-electron chi connectivity index (χ0n) is 12.8. The van der Waals surface area contributed by atoms with Crippen LogP contribution in [0.15, 0.2) is 42.5 Å². The summed E-state index contributed by atoms with van der Waals surface area (Å²) in [6.45, 7) is 0.643. The third-order valence-corrected chi connectivity index (χ3v) is 5.61. The molecule has 8 heteroatoms. The maximum atomic E-state index is 14.2. The van der Waals surface area contributed by atoms with E-state index in [1.54, 1.807) is 18.2 Å². The van der Waals surface area contributed by atoms with Gasteiger partial charge >= 0.3 is 10.2 Å². The van der Waals surface area contributed by atoms with Gasteiger partial charge in [-0.1, -0.05) is 18.2 Å². The quantitative estimate of drug-likeness (QED) is 0.841. The van der Waals surface area contributed by atoms with E-state index >= 15 is 0 Å². The lowest BCUT2D eigenvalue weighted by molar-refractivity contribution is 0.574. The molecule has 1 aliphatic rings. The number of halogens is 2. The molecule has 2 aromatic carbocycles. The number of nitrogens with two attached hydrogens (primary N) is 1. The van der Waals surface area contributed by atoms with Crippen molar-refractivity contribution in [1.82, 2.24) is 0 Å². The van der Waals surface area contributed by atoms with Gasteiger partial charge in [-0.25, -0.2) is 13.1 Å². The summed E-state index contributed by atoms with van der Waals surface area (Å²) in [5.74, 6) is -1.87. The highest BCUT2D eigenvalue weighted by Crippen LogP contribution is 2.46. The topological polar surface area (TPSA) is 66.6 Å². The molecule has 128 valence electrons. The van der Waals surface area contributed by atoms with Crippen LogP contribution in [0.25, 0.3) is 0 Å². The van der Waals surface area contributed by atoms with E-state index in [1.165, 1.54) is 16.4 Å². The van der Waals surface area contributed by atoms with E-state index in [4.69, 9.17) is 5.73 Å². The van der Waals surface area contributed by atoms with Crippen LogP contribution in [-0.4, -0.2) is 21.5 Å². The SMILES string of the molecule is NCCCCN1c2ccccc2N(c2c(F)cccc2F)S1(=O)=O. The van der Waals surface area contributed by atoms with Crippen LogP contribution in [0.4, 0.5) is 25.8 Å². The molecule has 0 radical (unpaired) electrons. The van der Waals surface area contributed by atoms with Crippen molar-refractivity contribution in [3.8, 4) is 0 Å². The third kappa shape index (κ3) is 2.61. The van der Waals surface area contributed by atoms with Gasteiger partial charge in [0, 0.05) is 6.54 Å². The Morgan fingerprint density at radius 2 is 1.54 bits per heavy atom. The number of benzene rings is 2. The highest BCUT2D eigenvalue weighted by atomic mass is 32.2. The Bertz CT molecular complexity index is 838. The number of rotatable bonds is 5. The van der Waals surface area contributed by atoms with E-state index in [0.717, 1.165) is 16.4 Å². The molecule has 2 N–H and O–H groups in total. The van der Waals surface area contributed by atoms with Crippen molar-refractivity contribution in [1.29, 1.82) is 0 Å². The molecule has 24 heavy (non-hydrogen) atoms. The third-order valence-electron chi connectivity index (χ3n) is 3.83. The summed E-state index contributed by atoms with van der Waals surface area (Å²) in [7, 11) is -4.12. The lowest BCUT2D eigenvalue weighted by Crippen LogP contribution is -2.36. The predicted molar refractivity (Wildman–Crippen MR) is 89.5 cm³/mol. The van der Waals surface area contributed by atoms with Crippen molar-refractivity contribution in [2.75, 3.05) is 21.7 Å². The standard InChI is InChI=1S/C16H17F2N3O2S/c17-12-6-5-7-13(18)16(12)21-15-9-2-1-8-14(15)20(24(21,22)23)11-4-3-10-19/h1-2,5-9H,3-4,10-11,19H2. The minimum absolute atomic E-state index is 0.198. The molecule has 0 fully saturated rings. The van der Waals surface area contributed by atoms with E-state index in [0.29, 0.717) is 25.1 Å². The minimum atomic E-state index is -4.12. The maximum Gasteiger partial charge on any atom is 0.331 e. The molecule has 0 aliphatic carbocycles. The molecule has 0 spiro atoms. The number of unbranched alkanes of at least 4 members (excludes halogenated alkanes) is 1. The minimum Gasteiger partial charge on any atom is -0.330 e. The van der Waals surface area contributed by atoms with Crippen LogP contribution in [0.1, 0.15) is 12.8 Å². The Kier molecular flexibility index (Phi) is 4.42. The monoisotopic (exact) mass is 353 g/mol. The van der Waals surface area contributed by atoms with Gasteiger partial charge in [-0.3, -0.25) is 4.31 Å². The van der Waals surface area contributed by atoms with Gasteiger partial charge in [0.1, 0.15) is 5.69 Å². The molecule has 0 aromatic heterocycles. The molecular formula is C16H17F2N3O2S. The Balaban J connectivity index is 2.14. The summed E-state index contributed by atoms with van der Waals surface area (Å²) in [6.07, 6.45) is 1.21. The van der Waals surface area contributed by atoms with Gasteiger partial charge in [0.05, 0.1) is 11.4 Å². The Morgan fingerprint density at radius 3 is 2.17 bits per heavy atom. The number of para-hydroxylation sites is 3. The van der Waals surface area contributed by atoms with Gasteiger partial charge in [0.25, 0.3) is 0 Å². The highest BCUT2D eigenvalue weighted by Gasteiger charge is 2.43. The predicted octanol–water partition coefficient (Wildman–Crippen LogP) is 2.91. The zero-order valence-corrected chi connectivity index (χ0v) is 13.6. The van der Waals surface area contributed by atoms with Crippen LogP contribution in [0.3, 0.4) is 0 Å². The van der Waals surface area contributed by atoms with Crippen LogP contribution in [-0.2, 0) is 10.2 Å². The highest BCUT2D eigenvalue weighted by molar-refractivity contribution is 7.95. The van der Waals surface area contributed by atoms with Gasteiger partial charge in [-0.15, -0.1) is 0 Å². The number of hydrogen-bond acceptors (Lipinski definition) is 3. The average molecular weight is 353 g/mol. The van der Waals surface area contributed by atoms with Gasteiger partial charge in [0.15, 0.2) is 11.6 Å². The lowest BCUT2D eigenvalue weighted by Gasteiger charge is -2.22. The summed E-state index contributed by atoms with van der Waals surface area (Å²) >= 11 is 0. The molecule has 0 saturated carbocycles. The fourth-order valence-corrected chi connectivity index (χ4v) is 4.52. The molecule has 5 nitrogen and oxygen atoms in total. The zero-order chi connectivity index (χ0) is 17.3. The normalized spacial score (nSPS) is 15.6. The van der Waals surface area contributed by atoms with Crippen LogP contribution in [0.2, 0.25) is 0 Å². The molecule has 1 aliphatic heterocycles. The molecule has 0 amide bonds. The van der Waals surface area contributed by atoms with Gasteiger partial charge < -0.3 is 5.73 Å². The summed E-state index contributed by atoms with van der Waals surface area (Å²) in [4.78, 5) is 0. The first-order valence-corrected chi connectivity index (χ1v) is 8.94. The number of fused-ring (bicyclic) bond motifs is 1. The van der Waals surface area contributed by atoms with E-state index in [1.807, 2.05) is 0 Å². The Morgan fingerprint density at radius 1 is 0.917 bits per heavy atom. The molecule has 1 heterocycles. The van der Waals surface area contributed by atoms with Crippen molar-refractivity contribution in [2.45, 2.75) is 12.8 Å². The molecule has 0 atom stereocenters.